The molecule has 3 heteroatoms. The van der Waals surface area contributed by atoms with Crippen molar-refractivity contribution >= 4 is 22.6 Å². The standard InChI is InChI=1S/C11H21IN.HI/c1-4-13(5-2,6-3)11-7-10(12,8-11)9-11;/h4-9H2,1-3H3;1H/q+1;/p-1. The van der Waals surface area contributed by atoms with E-state index in [-0.39, 0.29) is 24.0 Å². The van der Waals surface area contributed by atoms with Crippen LogP contribution in [-0.4, -0.2) is 33.1 Å². The molecule has 0 radical (unpaired) electrons. The molecule has 0 unspecified atom stereocenters. The molecule has 0 spiro atoms. The van der Waals surface area contributed by atoms with Gasteiger partial charge in [-0.1, -0.05) is 22.6 Å². The van der Waals surface area contributed by atoms with E-state index in [0.29, 0.717) is 0 Å². The minimum absolute atomic E-state index is 0. The molecule has 84 valence electrons. The zero-order chi connectivity index (χ0) is 9.74. The molecule has 14 heavy (non-hydrogen) atoms. The third kappa shape index (κ3) is 1.48. The van der Waals surface area contributed by atoms with Gasteiger partial charge >= 0.3 is 0 Å². The molecule has 0 aromatic heterocycles. The van der Waals surface area contributed by atoms with Crippen LogP contribution in [0.1, 0.15) is 40.0 Å². The van der Waals surface area contributed by atoms with Crippen molar-refractivity contribution in [3.8, 4) is 0 Å². The highest BCUT2D eigenvalue weighted by atomic mass is 127. The van der Waals surface area contributed by atoms with Gasteiger partial charge in [0.05, 0.1) is 19.6 Å². The summed E-state index contributed by atoms with van der Waals surface area (Å²) in [6.45, 7) is 11.1. The predicted octanol–water partition coefficient (Wildman–Crippen LogP) is -0.0230. The van der Waals surface area contributed by atoms with Crippen LogP contribution in [0.25, 0.3) is 0 Å². The zero-order valence-corrected chi connectivity index (χ0v) is 13.8. The van der Waals surface area contributed by atoms with Crippen LogP contribution in [0.4, 0.5) is 0 Å². The van der Waals surface area contributed by atoms with Crippen molar-refractivity contribution in [2.75, 3.05) is 19.6 Å². The van der Waals surface area contributed by atoms with Crippen LogP contribution < -0.4 is 24.0 Å². The number of hydrogen-bond donors (Lipinski definition) is 0. The average molecular weight is 421 g/mol. The monoisotopic (exact) mass is 421 g/mol. The lowest BCUT2D eigenvalue weighted by atomic mass is 9.47. The molecule has 0 amide bonds. The summed E-state index contributed by atoms with van der Waals surface area (Å²) < 4.78 is 2.12. The molecule has 0 aliphatic heterocycles. The summed E-state index contributed by atoms with van der Waals surface area (Å²) in [4.78, 5) is 0. The summed E-state index contributed by atoms with van der Waals surface area (Å²) >= 11 is 2.68. The molecule has 3 aliphatic carbocycles. The van der Waals surface area contributed by atoms with Crippen molar-refractivity contribution in [1.82, 2.24) is 0 Å². The summed E-state index contributed by atoms with van der Waals surface area (Å²) in [7, 11) is 0. The molecule has 3 saturated carbocycles. The second kappa shape index (κ2) is 4.02. The van der Waals surface area contributed by atoms with Crippen molar-refractivity contribution < 1.29 is 28.5 Å². The largest absolute Gasteiger partial charge is 1.00 e. The maximum absolute atomic E-state index is 2.68. The first-order valence-electron chi connectivity index (χ1n) is 5.60. The number of hydrogen-bond acceptors (Lipinski definition) is 0. The summed E-state index contributed by atoms with van der Waals surface area (Å²) in [6, 6.07) is 0. The van der Waals surface area contributed by atoms with Crippen molar-refractivity contribution in [2.45, 2.75) is 49.0 Å². The van der Waals surface area contributed by atoms with Gasteiger partial charge in [0.15, 0.2) is 0 Å². The second-order valence-corrected chi connectivity index (χ2v) is 7.29. The molecule has 1 nitrogen and oxygen atoms in total. The van der Waals surface area contributed by atoms with Crippen molar-refractivity contribution in [2.24, 2.45) is 0 Å². The van der Waals surface area contributed by atoms with E-state index < -0.39 is 0 Å². The maximum Gasteiger partial charge on any atom is 0.103 e. The number of alkyl halides is 1. The van der Waals surface area contributed by atoms with E-state index in [1.165, 1.54) is 43.4 Å². The molecule has 2 bridgehead atoms. The van der Waals surface area contributed by atoms with E-state index in [9.17, 15) is 0 Å². The summed E-state index contributed by atoms with van der Waals surface area (Å²) in [5.74, 6) is 0. The highest BCUT2D eigenvalue weighted by Gasteiger charge is 2.75. The van der Waals surface area contributed by atoms with Crippen LogP contribution in [0.2, 0.25) is 0 Å². The molecule has 0 N–H and O–H groups in total. The van der Waals surface area contributed by atoms with Gasteiger partial charge in [0, 0.05) is 22.7 Å². The van der Waals surface area contributed by atoms with Gasteiger partial charge in [0.25, 0.3) is 0 Å². The number of quaternary nitrogens is 1. The smallest absolute Gasteiger partial charge is 0.103 e. The normalized spacial score (nSPS) is 39.4. The van der Waals surface area contributed by atoms with Crippen molar-refractivity contribution in [3.63, 3.8) is 0 Å². The van der Waals surface area contributed by atoms with E-state index in [2.05, 4.69) is 43.4 Å². The average Bonchev–Trinajstić information content (AvgIpc) is 2.03. The van der Waals surface area contributed by atoms with Crippen molar-refractivity contribution in [1.29, 1.82) is 0 Å². The third-order valence-electron chi connectivity index (χ3n) is 4.76. The van der Waals surface area contributed by atoms with Crippen LogP contribution in [0, 0.1) is 0 Å². The molecule has 3 aliphatic rings. The van der Waals surface area contributed by atoms with Gasteiger partial charge in [-0.05, 0) is 20.8 Å². The van der Waals surface area contributed by atoms with E-state index in [4.69, 9.17) is 0 Å². The van der Waals surface area contributed by atoms with E-state index in [1.54, 1.807) is 0 Å². The fraction of sp³-hybridized carbons (Fsp3) is 1.00. The van der Waals surface area contributed by atoms with E-state index in [1.807, 2.05) is 0 Å². The van der Waals surface area contributed by atoms with Gasteiger partial charge in [-0.15, -0.1) is 0 Å². The Morgan fingerprint density at radius 2 is 1.36 bits per heavy atom. The molecule has 0 heterocycles. The lowest BCUT2D eigenvalue weighted by molar-refractivity contribution is -0.990. The van der Waals surface area contributed by atoms with E-state index in [0.717, 1.165) is 8.96 Å². The maximum atomic E-state index is 2.68. The van der Waals surface area contributed by atoms with Gasteiger partial charge in [-0.2, -0.15) is 0 Å². The van der Waals surface area contributed by atoms with Crippen LogP contribution in [0.5, 0.6) is 0 Å². The third-order valence-corrected chi connectivity index (χ3v) is 5.90. The molecule has 0 aromatic carbocycles. The Labute approximate surface area is 119 Å². The fourth-order valence-electron chi connectivity index (χ4n) is 3.79. The van der Waals surface area contributed by atoms with Gasteiger partial charge in [-0.3, -0.25) is 0 Å². The zero-order valence-electron chi connectivity index (χ0n) is 9.45. The molecule has 0 saturated heterocycles. The Kier molecular flexibility index (Phi) is 3.87. The number of nitrogens with zero attached hydrogens (tertiary/aromatic N) is 1. The minimum Gasteiger partial charge on any atom is -1.00 e. The first-order chi connectivity index (χ1) is 6.05. The Bertz CT molecular complexity index is 195. The molecule has 0 atom stereocenters. The predicted molar refractivity (Wildman–Crippen MR) is 65.2 cm³/mol. The summed E-state index contributed by atoms with van der Waals surface area (Å²) in [6.07, 6.45) is 4.49. The van der Waals surface area contributed by atoms with Gasteiger partial charge in [-0.25, -0.2) is 0 Å². The lowest BCUT2D eigenvalue weighted by Gasteiger charge is -2.73. The molecule has 3 rings (SSSR count). The highest BCUT2D eigenvalue weighted by molar-refractivity contribution is 14.1. The quantitative estimate of drug-likeness (QED) is 0.340. The summed E-state index contributed by atoms with van der Waals surface area (Å²) in [5, 5.41) is 0. The van der Waals surface area contributed by atoms with E-state index >= 15 is 0 Å². The SMILES string of the molecule is CC[N+](CC)(CC)C12CC(I)(C1)C2.[I-]. The lowest BCUT2D eigenvalue weighted by Crippen LogP contribution is -3.00. The topological polar surface area (TPSA) is 0 Å². The molecular weight excluding hydrogens is 400 g/mol. The molecule has 0 aromatic rings. The first-order valence-corrected chi connectivity index (χ1v) is 6.68. The Hall–Kier alpha value is 1.42. The Balaban J connectivity index is 0.000000980. The Morgan fingerprint density at radius 3 is 1.57 bits per heavy atom. The van der Waals surface area contributed by atoms with Crippen LogP contribution in [-0.2, 0) is 0 Å². The minimum atomic E-state index is 0. The first kappa shape index (κ1) is 13.5. The van der Waals surface area contributed by atoms with Crippen LogP contribution in [0.3, 0.4) is 0 Å². The second-order valence-electron chi connectivity index (χ2n) is 5.00. The molecule has 3 fully saturated rings. The van der Waals surface area contributed by atoms with Crippen molar-refractivity contribution in [3.05, 3.63) is 0 Å². The number of halogens is 2. The van der Waals surface area contributed by atoms with Gasteiger partial charge in [0.1, 0.15) is 5.54 Å². The number of rotatable bonds is 4. The highest BCUT2D eigenvalue weighted by Crippen LogP contribution is 2.70. The van der Waals surface area contributed by atoms with Crippen LogP contribution in [0.15, 0.2) is 0 Å². The van der Waals surface area contributed by atoms with Gasteiger partial charge in [0.2, 0.25) is 0 Å². The fourth-order valence-corrected chi connectivity index (χ4v) is 5.92. The van der Waals surface area contributed by atoms with Crippen LogP contribution >= 0.6 is 22.6 Å². The Morgan fingerprint density at radius 1 is 1.00 bits per heavy atom. The van der Waals surface area contributed by atoms with Gasteiger partial charge < -0.3 is 28.5 Å². The summed E-state index contributed by atoms with van der Waals surface area (Å²) in [5.41, 5.74) is 0.722. The molecular formula is C11H21I2N.